The predicted octanol–water partition coefficient (Wildman–Crippen LogP) is 1.99. The van der Waals surface area contributed by atoms with Crippen molar-refractivity contribution in [3.05, 3.63) is 10.6 Å². The molecule has 4 nitrogen and oxygen atoms in total. The van der Waals surface area contributed by atoms with Crippen LogP contribution in [0.1, 0.15) is 31.1 Å². The summed E-state index contributed by atoms with van der Waals surface area (Å²) in [6.07, 6.45) is 3.74. The summed E-state index contributed by atoms with van der Waals surface area (Å²) in [5.74, 6) is 0.948. The lowest BCUT2D eigenvalue weighted by molar-refractivity contribution is 0.0737. The normalized spacial score (nSPS) is 27.0. The van der Waals surface area contributed by atoms with Gasteiger partial charge in [0.15, 0.2) is 4.77 Å². The molecule has 1 aromatic rings. The molecule has 0 saturated heterocycles. The lowest BCUT2D eigenvalue weighted by Gasteiger charge is -2.20. The van der Waals surface area contributed by atoms with E-state index in [0.29, 0.717) is 10.8 Å². The Bertz CT molecular complexity index is 370. The van der Waals surface area contributed by atoms with Gasteiger partial charge in [-0.2, -0.15) is 5.10 Å². The first kappa shape index (κ1) is 9.86. The van der Waals surface area contributed by atoms with Gasteiger partial charge in [-0.25, -0.2) is 0 Å². The summed E-state index contributed by atoms with van der Waals surface area (Å²) in [7, 11) is 1.77. The first-order chi connectivity index (χ1) is 6.74. The van der Waals surface area contributed by atoms with Gasteiger partial charge in [-0.15, -0.1) is 0 Å². The third kappa shape index (κ3) is 1.50. The lowest BCUT2D eigenvalue weighted by atomic mass is 10.2. The van der Waals surface area contributed by atoms with Crippen molar-refractivity contribution in [1.82, 2.24) is 14.8 Å². The van der Waals surface area contributed by atoms with Crippen LogP contribution in [0.3, 0.4) is 0 Å². The summed E-state index contributed by atoms with van der Waals surface area (Å²) in [5.41, 5.74) is 0. The Morgan fingerprint density at radius 1 is 1.57 bits per heavy atom. The molecule has 0 bridgehead atoms. The van der Waals surface area contributed by atoms with Crippen molar-refractivity contribution in [1.29, 1.82) is 0 Å². The van der Waals surface area contributed by atoms with Gasteiger partial charge in [0.05, 0.1) is 12.1 Å². The molecule has 1 aliphatic carbocycles. The number of hydrogen-bond donors (Lipinski definition) is 1. The molecule has 14 heavy (non-hydrogen) atoms. The summed E-state index contributed by atoms with van der Waals surface area (Å²) in [6, 6.07) is 0.367. The zero-order valence-corrected chi connectivity index (χ0v) is 9.30. The third-order valence-electron chi connectivity index (χ3n) is 2.93. The number of methoxy groups -OCH3 is 1. The fraction of sp³-hybridized carbons (Fsp3) is 0.778. The van der Waals surface area contributed by atoms with Crippen molar-refractivity contribution in [2.75, 3.05) is 7.11 Å². The highest BCUT2D eigenvalue weighted by Crippen LogP contribution is 2.32. The summed E-state index contributed by atoms with van der Waals surface area (Å²) in [4.78, 5) is 0. The van der Waals surface area contributed by atoms with E-state index in [1.54, 1.807) is 7.11 Å². The number of aromatic amines is 1. The van der Waals surface area contributed by atoms with Gasteiger partial charge in [0.1, 0.15) is 5.82 Å². The van der Waals surface area contributed by atoms with Gasteiger partial charge >= 0.3 is 0 Å². The zero-order chi connectivity index (χ0) is 10.1. The Morgan fingerprint density at radius 2 is 2.36 bits per heavy atom. The molecular weight excluding hydrogens is 198 g/mol. The Hall–Kier alpha value is -0.680. The predicted molar refractivity (Wildman–Crippen MR) is 55.8 cm³/mol. The van der Waals surface area contributed by atoms with Gasteiger partial charge in [-0.1, -0.05) is 0 Å². The quantitative estimate of drug-likeness (QED) is 0.764. The highest BCUT2D eigenvalue weighted by molar-refractivity contribution is 7.71. The summed E-state index contributed by atoms with van der Waals surface area (Å²) in [6.45, 7) is 1.97. The average Bonchev–Trinajstić information content (AvgIpc) is 2.73. The van der Waals surface area contributed by atoms with E-state index in [2.05, 4.69) is 14.8 Å². The Morgan fingerprint density at radius 3 is 2.93 bits per heavy atom. The molecule has 0 radical (unpaired) electrons. The molecule has 78 valence electrons. The first-order valence-corrected chi connectivity index (χ1v) is 5.31. The van der Waals surface area contributed by atoms with Gasteiger partial charge in [-0.3, -0.25) is 9.67 Å². The van der Waals surface area contributed by atoms with Crippen LogP contribution >= 0.6 is 12.2 Å². The molecule has 1 saturated carbocycles. The second-order valence-corrected chi connectivity index (χ2v) is 4.11. The van der Waals surface area contributed by atoms with E-state index < -0.39 is 0 Å². The Balaban J connectivity index is 2.34. The van der Waals surface area contributed by atoms with Crippen LogP contribution in [0.5, 0.6) is 0 Å². The van der Waals surface area contributed by atoms with Crippen LogP contribution in [-0.2, 0) is 4.74 Å². The molecule has 5 heteroatoms. The standard InChI is InChI=1S/C9H15N3OS/c1-6-10-11-9(14)12(6)7-4-3-5-8(7)13-2/h7-8H,3-5H2,1-2H3,(H,11,14). The maximum absolute atomic E-state index is 5.45. The number of hydrogen-bond acceptors (Lipinski definition) is 3. The minimum Gasteiger partial charge on any atom is -0.379 e. The summed E-state index contributed by atoms with van der Waals surface area (Å²) in [5, 5.41) is 6.94. The number of rotatable bonds is 2. The molecule has 1 heterocycles. The Kier molecular flexibility index (Phi) is 2.69. The number of ether oxygens (including phenoxy) is 1. The SMILES string of the molecule is COC1CCCC1n1c(C)n[nH]c1=S. The van der Waals surface area contributed by atoms with Crippen LogP contribution in [-0.4, -0.2) is 28.0 Å². The van der Waals surface area contributed by atoms with E-state index in [1.165, 1.54) is 6.42 Å². The van der Waals surface area contributed by atoms with E-state index in [0.717, 1.165) is 18.7 Å². The van der Waals surface area contributed by atoms with Gasteiger partial charge in [0, 0.05) is 7.11 Å². The van der Waals surface area contributed by atoms with E-state index in [9.17, 15) is 0 Å². The van der Waals surface area contributed by atoms with Gasteiger partial charge in [0.25, 0.3) is 0 Å². The minimum atomic E-state index is 0.290. The summed E-state index contributed by atoms with van der Waals surface area (Å²) >= 11 is 5.20. The molecule has 0 spiro atoms. The van der Waals surface area contributed by atoms with E-state index in [-0.39, 0.29) is 6.10 Å². The molecular formula is C9H15N3OS. The van der Waals surface area contributed by atoms with E-state index >= 15 is 0 Å². The topological polar surface area (TPSA) is 42.8 Å². The number of aryl methyl sites for hydroxylation is 1. The maximum Gasteiger partial charge on any atom is 0.195 e. The zero-order valence-electron chi connectivity index (χ0n) is 8.49. The molecule has 2 rings (SSSR count). The molecule has 1 fully saturated rings. The molecule has 1 N–H and O–H groups in total. The van der Waals surface area contributed by atoms with Gasteiger partial charge in [0.2, 0.25) is 0 Å². The van der Waals surface area contributed by atoms with Gasteiger partial charge in [-0.05, 0) is 38.4 Å². The number of nitrogens with one attached hydrogen (secondary N) is 1. The van der Waals surface area contributed by atoms with Crippen molar-refractivity contribution < 1.29 is 4.74 Å². The van der Waals surface area contributed by atoms with Crippen molar-refractivity contribution in [2.24, 2.45) is 0 Å². The van der Waals surface area contributed by atoms with Crippen molar-refractivity contribution in [2.45, 2.75) is 38.3 Å². The van der Waals surface area contributed by atoms with Crippen LogP contribution in [0.25, 0.3) is 0 Å². The largest absolute Gasteiger partial charge is 0.379 e. The molecule has 0 aromatic carbocycles. The van der Waals surface area contributed by atoms with Crippen LogP contribution in [0.2, 0.25) is 0 Å². The lowest BCUT2D eigenvalue weighted by Crippen LogP contribution is -2.21. The molecule has 2 atom stereocenters. The number of nitrogens with zero attached hydrogens (tertiary/aromatic N) is 2. The van der Waals surface area contributed by atoms with E-state index in [1.807, 2.05) is 6.92 Å². The molecule has 1 aliphatic rings. The van der Waals surface area contributed by atoms with Crippen molar-refractivity contribution in [3.8, 4) is 0 Å². The smallest absolute Gasteiger partial charge is 0.195 e. The van der Waals surface area contributed by atoms with Crippen LogP contribution in [0, 0.1) is 11.7 Å². The Labute approximate surface area is 88.3 Å². The van der Waals surface area contributed by atoms with Crippen LogP contribution in [0.15, 0.2) is 0 Å². The molecule has 2 unspecified atom stereocenters. The molecule has 0 amide bonds. The second kappa shape index (κ2) is 3.82. The third-order valence-corrected chi connectivity index (χ3v) is 3.22. The number of H-pyrrole nitrogens is 1. The monoisotopic (exact) mass is 213 g/mol. The highest BCUT2D eigenvalue weighted by atomic mass is 32.1. The number of aromatic nitrogens is 3. The van der Waals surface area contributed by atoms with Crippen LogP contribution < -0.4 is 0 Å². The van der Waals surface area contributed by atoms with Crippen molar-refractivity contribution >= 4 is 12.2 Å². The van der Waals surface area contributed by atoms with E-state index in [4.69, 9.17) is 17.0 Å². The fourth-order valence-corrected chi connectivity index (χ4v) is 2.56. The van der Waals surface area contributed by atoms with Crippen molar-refractivity contribution in [3.63, 3.8) is 0 Å². The molecule has 1 aromatic heterocycles. The average molecular weight is 213 g/mol. The van der Waals surface area contributed by atoms with Crippen LogP contribution in [0.4, 0.5) is 0 Å². The summed E-state index contributed by atoms with van der Waals surface area (Å²) < 4.78 is 8.23. The first-order valence-electron chi connectivity index (χ1n) is 4.90. The highest BCUT2D eigenvalue weighted by Gasteiger charge is 2.30. The minimum absolute atomic E-state index is 0.290. The molecule has 0 aliphatic heterocycles. The van der Waals surface area contributed by atoms with Gasteiger partial charge < -0.3 is 4.74 Å². The second-order valence-electron chi connectivity index (χ2n) is 3.72. The fourth-order valence-electron chi connectivity index (χ4n) is 2.25. The maximum atomic E-state index is 5.45.